The molecule has 2 atom stereocenters. The summed E-state index contributed by atoms with van der Waals surface area (Å²) < 4.78 is 28.3. The second-order valence-corrected chi connectivity index (χ2v) is 10.8. The van der Waals surface area contributed by atoms with Crippen molar-refractivity contribution in [2.75, 3.05) is 40.3 Å². The molecule has 13 heteroatoms. The molecule has 2 aromatic rings. The van der Waals surface area contributed by atoms with Crippen molar-refractivity contribution >= 4 is 33.4 Å². The van der Waals surface area contributed by atoms with Crippen molar-refractivity contribution in [3.63, 3.8) is 0 Å². The van der Waals surface area contributed by atoms with E-state index < -0.39 is 22.2 Å². The maximum absolute atomic E-state index is 12.9. The first-order valence-electron chi connectivity index (χ1n) is 11.1. The molecule has 11 nitrogen and oxygen atoms in total. The Hall–Kier alpha value is -2.42. The fourth-order valence-electron chi connectivity index (χ4n) is 3.36. The minimum absolute atomic E-state index is 0.0446. The first-order valence-corrected chi connectivity index (χ1v) is 13.5. The van der Waals surface area contributed by atoms with Crippen molar-refractivity contribution in [3.05, 3.63) is 52.5 Å². The molecule has 194 valence electrons. The van der Waals surface area contributed by atoms with Crippen LogP contribution in [0.2, 0.25) is 0 Å². The summed E-state index contributed by atoms with van der Waals surface area (Å²) in [5, 5.41) is 14.0. The molecule has 1 aromatic heterocycles. The summed E-state index contributed by atoms with van der Waals surface area (Å²) in [7, 11) is -0.185. The maximum Gasteiger partial charge on any atom is 0.321 e. The fraction of sp³-hybridized carbons (Fsp3) is 0.500. The third-order valence-electron chi connectivity index (χ3n) is 5.64. The average molecular weight is 527 g/mol. The molecule has 0 aliphatic carbocycles. The van der Waals surface area contributed by atoms with E-state index >= 15 is 0 Å². The van der Waals surface area contributed by atoms with Gasteiger partial charge in [0.25, 0.3) is 10.2 Å². The number of likely N-dealkylation sites (N-methyl/N-ethyl adjacent to an activating group) is 2. The minimum Gasteiger partial charge on any atom is -0.480 e. The number of aliphatic carboxylic acids is 1. The molecule has 0 saturated carbocycles. The number of benzene rings is 1. The molecule has 0 radical (unpaired) electrons. The number of hydrogen-bond acceptors (Lipinski definition) is 8. The van der Waals surface area contributed by atoms with E-state index in [0.717, 1.165) is 15.6 Å². The molecule has 1 fully saturated rings. The lowest BCUT2D eigenvalue weighted by Gasteiger charge is -2.36. The van der Waals surface area contributed by atoms with E-state index in [9.17, 15) is 23.1 Å². The first-order chi connectivity index (χ1) is 16.6. The monoisotopic (exact) mass is 526 g/mol. The Morgan fingerprint density at radius 1 is 1.23 bits per heavy atom. The average Bonchev–Trinajstić information content (AvgIpc) is 3.35. The number of piperazine rings is 1. The zero-order valence-electron chi connectivity index (χ0n) is 20.2. The zero-order valence-corrected chi connectivity index (χ0v) is 21.8. The van der Waals surface area contributed by atoms with E-state index in [-0.39, 0.29) is 18.5 Å². The standard InChI is InChI=1S/C15H23N3O4S.C7H11N3OS/c1-13(15(19)20)18(12-14-6-4-3-5-7-14)23(21,22)17-10-8-16(2)9-11-17;1-9-6(7(8)11)2-5-3-12-4-10-5/h3-7,13H,8-12H2,1-2H3,(H,19,20);3-4,6,9H,2H2,1H3,(H2,8,11)/t13-;6-/m00/s1. The van der Waals surface area contributed by atoms with Crippen molar-refractivity contribution in [3.8, 4) is 0 Å². The van der Waals surface area contributed by atoms with Crippen LogP contribution in [-0.2, 0) is 32.8 Å². The molecule has 3 rings (SSSR count). The van der Waals surface area contributed by atoms with Crippen LogP contribution in [0.3, 0.4) is 0 Å². The smallest absolute Gasteiger partial charge is 0.321 e. The summed E-state index contributed by atoms with van der Waals surface area (Å²) >= 11 is 1.51. The van der Waals surface area contributed by atoms with Crippen LogP contribution >= 0.6 is 11.3 Å². The minimum atomic E-state index is -3.83. The van der Waals surface area contributed by atoms with Gasteiger partial charge in [0.15, 0.2) is 0 Å². The fourth-order valence-corrected chi connectivity index (χ4v) is 5.66. The number of carboxylic acids is 1. The summed E-state index contributed by atoms with van der Waals surface area (Å²) in [6.07, 6.45) is 0.565. The third-order valence-corrected chi connectivity index (χ3v) is 8.34. The van der Waals surface area contributed by atoms with Crippen molar-refractivity contribution in [2.45, 2.75) is 32.0 Å². The van der Waals surface area contributed by atoms with E-state index in [2.05, 4.69) is 10.3 Å². The molecule has 1 saturated heterocycles. The molecule has 1 aliphatic heterocycles. The number of hydrogen-bond donors (Lipinski definition) is 3. The number of nitrogens with zero attached hydrogens (tertiary/aromatic N) is 4. The Labute approximate surface area is 210 Å². The number of rotatable bonds is 10. The van der Waals surface area contributed by atoms with Gasteiger partial charge in [0, 0.05) is 44.5 Å². The van der Waals surface area contributed by atoms with Gasteiger partial charge in [-0.3, -0.25) is 9.59 Å². The van der Waals surface area contributed by atoms with Crippen LogP contribution in [-0.4, -0.2) is 96.3 Å². The lowest BCUT2D eigenvalue weighted by molar-refractivity contribution is -0.141. The predicted molar refractivity (Wildman–Crippen MR) is 135 cm³/mol. The highest BCUT2D eigenvalue weighted by Crippen LogP contribution is 2.19. The lowest BCUT2D eigenvalue weighted by Crippen LogP contribution is -2.54. The van der Waals surface area contributed by atoms with E-state index in [1.54, 1.807) is 36.8 Å². The molecule has 2 heterocycles. The molecule has 0 bridgehead atoms. The Morgan fingerprint density at radius 2 is 1.86 bits per heavy atom. The van der Waals surface area contributed by atoms with Crippen LogP contribution in [0, 0.1) is 0 Å². The van der Waals surface area contributed by atoms with Gasteiger partial charge < -0.3 is 21.1 Å². The molecular formula is C22H34N6O5S2. The molecule has 1 amide bonds. The molecule has 1 aliphatic rings. The van der Waals surface area contributed by atoms with Crippen molar-refractivity contribution in [1.82, 2.24) is 23.8 Å². The largest absolute Gasteiger partial charge is 0.480 e. The summed E-state index contributed by atoms with van der Waals surface area (Å²) in [6.45, 7) is 3.47. The molecule has 0 unspecified atom stereocenters. The highest BCUT2D eigenvalue weighted by molar-refractivity contribution is 7.86. The van der Waals surface area contributed by atoms with Crippen LogP contribution in [0.5, 0.6) is 0 Å². The summed E-state index contributed by atoms with van der Waals surface area (Å²) in [6, 6.07) is 7.60. The van der Waals surface area contributed by atoms with Gasteiger partial charge in [-0.05, 0) is 26.6 Å². The number of amides is 1. The van der Waals surface area contributed by atoms with E-state index in [0.29, 0.717) is 32.6 Å². The number of primary amides is 1. The maximum atomic E-state index is 12.9. The lowest BCUT2D eigenvalue weighted by atomic mass is 10.1. The number of carboxylic acid groups (broad SMARTS) is 1. The second-order valence-electron chi connectivity index (χ2n) is 8.18. The summed E-state index contributed by atoms with van der Waals surface area (Å²) in [4.78, 5) is 28.3. The molecule has 1 aromatic carbocycles. The molecule has 0 spiro atoms. The van der Waals surface area contributed by atoms with Crippen LogP contribution < -0.4 is 11.1 Å². The number of thiazole rings is 1. The summed E-state index contributed by atoms with van der Waals surface area (Å²) in [5.74, 6) is -1.50. The Balaban J connectivity index is 0.000000303. The topological polar surface area (TPSA) is 149 Å². The van der Waals surface area contributed by atoms with E-state index in [1.807, 2.05) is 23.4 Å². The number of nitrogens with one attached hydrogen (secondary N) is 1. The van der Waals surface area contributed by atoms with Crippen molar-refractivity contribution < 1.29 is 23.1 Å². The Morgan fingerprint density at radius 3 is 2.34 bits per heavy atom. The second kappa shape index (κ2) is 13.6. The predicted octanol–water partition coefficient (Wildman–Crippen LogP) is 0.213. The molecule has 4 N–H and O–H groups in total. The van der Waals surface area contributed by atoms with Gasteiger partial charge in [-0.1, -0.05) is 30.3 Å². The Bertz CT molecular complexity index is 1030. The van der Waals surface area contributed by atoms with Crippen LogP contribution in [0.25, 0.3) is 0 Å². The third kappa shape index (κ3) is 8.63. The van der Waals surface area contributed by atoms with Crippen LogP contribution in [0.1, 0.15) is 18.2 Å². The first kappa shape index (κ1) is 28.8. The van der Waals surface area contributed by atoms with Gasteiger partial charge in [0.05, 0.1) is 17.2 Å². The van der Waals surface area contributed by atoms with E-state index in [4.69, 9.17) is 5.73 Å². The Kier molecular flexibility index (Phi) is 11.2. The highest BCUT2D eigenvalue weighted by Gasteiger charge is 2.37. The van der Waals surface area contributed by atoms with Crippen molar-refractivity contribution in [1.29, 1.82) is 0 Å². The number of aromatic nitrogens is 1. The number of carbonyl (C=O) groups is 2. The quantitative estimate of drug-likeness (QED) is 0.398. The number of nitrogens with two attached hydrogens (primary N) is 1. The van der Waals surface area contributed by atoms with Crippen molar-refractivity contribution in [2.24, 2.45) is 5.73 Å². The van der Waals surface area contributed by atoms with Gasteiger partial charge in [0.2, 0.25) is 5.91 Å². The van der Waals surface area contributed by atoms with E-state index in [1.165, 1.54) is 22.6 Å². The molecular weight excluding hydrogens is 492 g/mol. The number of carbonyl (C=O) groups excluding carboxylic acids is 1. The van der Waals surface area contributed by atoms with Crippen LogP contribution in [0.15, 0.2) is 41.2 Å². The summed E-state index contributed by atoms with van der Waals surface area (Å²) in [5.41, 5.74) is 8.54. The van der Waals surface area contributed by atoms with Gasteiger partial charge in [-0.25, -0.2) is 4.98 Å². The van der Waals surface area contributed by atoms with Gasteiger partial charge in [0.1, 0.15) is 6.04 Å². The zero-order chi connectivity index (χ0) is 26.0. The highest BCUT2D eigenvalue weighted by atomic mass is 32.2. The normalized spacial score (nSPS) is 16.8. The van der Waals surface area contributed by atoms with Gasteiger partial charge >= 0.3 is 5.97 Å². The van der Waals surface area contributed by atoms with Gasteiger partial charge in [-0.2, -0.15) is 17.0 Å². The van der Waals surface area contributed by atoms with Crippen LogP contribution in [0.4, 0.5) is 0 Å². The SMILES string of the molecule is CN[C@@H](Cc1cscn1)C(N)=O.C[C@@H](C(=O)O)N(Cc1ccccc1)S(=O)(=O)N1CCN(C)CC1. The molecule has 35 heavy (non-hydrogen) atoms. The van der Waals surface area contributed by atoms with Gasteiger partial charge in [-0.15, -0.1) is 11.3 Å².